The van der Waals surface area contributed by atoms with Crippen LogP contribution < -0.4 is 0 Å². The Morgan fingerprint density at radius 3 is 2.70 bits per heavy atom. The number of esters is 1. The van der Waals surface area contributed by atoms with Crippen LogP contribution in [0, 0.1) is 13.8 Å². The second-order valence-electron chi connectivity index (χ2n) is 6.08. The van der Waals surface area contributed by atoms with Crippen LogP contribution in [0.4, 0.5) is 0 Å². The quantitative estimate of drug-likeness (QED) is 0.316. The number of ether oxygens (including phenoxy) is 1. The summed E-state index contributed by atoms with van der Waals surface area (Å²) in [4.78, 5) is 30.0. The van der Waals surface area contributed by atoms with E-state index in [9.17, 15) is 9.59 Å². The van der Waals surface area contributed by atoms with Gasteiger partial charge in [-0.25, -0.2) is 9.78 Å². The van der Waals surface area contributed by atoms with Gasteiger partial charge in [-0.15, -0.1) is 23.1 Å². The maximum atomic E-state index is 12.5. The molecule has 0 spiro atoms. The number of thioether (sulfide) groups is 1. The number of nitrogens with zero attached hydrogens (tertiary/aromatic N) is 1. The standard InChI is InChI=1S/C21H19NO3S2/c1-14-7-8-15(2)18(9-14)19(23)10-25-21(24)17-5-3-4-6-20(17)27-12-16-11-26-13-22-16/h3-9,11,13H,10,12H2,1-2H3. The summed E-state index contributed by atoms with van der Waals surface area (Å²) in [6, 6.07) is 12.9. The molecule has 0 unspecified atom stereocenters. The number of Topliss-reactive ketones (excluding diaryl/α,β-unsaturated/α-hetero) is 1. The lowest BCUT2D eigenvalue weighted by molar-refractivity contribution is 0.0471. The molecule has 0 atom stereocenters. The lowest BCUT2D eigenvalue weighted by Crippen LogP contribution is -2.16. The van der Waals surface area contributed by atoms with Gasteiger partial charge in [-0.2, -0.15) is 0 Å². The Labute approximate surface area is 166 Å². The molecular formula is C21H19NO3S2. The molecule has 0 aliphatic rings. The lowest BCUT2D eigenvalue weighted by atomic mass is 10.0. The van der Waals surface area contributed by atoms with E-state index in [1.807, 2.05) is 49.6 Å². The number of benzene rings is 2. The van der Waals surface area contributed by atoms with E-state index < -0.39 is 5.97 Å². The first-order valence-corrected chi connectivity index (χ1v) is 10.3. The van der Waals surface area contributed by atoms with Gasteiger partial charge in [0.15, 0.2) is 6.61 Å². The van der Waals surface area contributed by atoms with Crippen LogP contribution in [0.3, 0.4) is 0 Å². The zero-order valence-electron chi connectivity index (χ0n) is 15.1. The van der Waals surface area contributed by atoms with Crippen molar-refractivity contribution in [3.63, 3.8) is 0 Å². The smallest absolute Gasteiger partial charge is 0.339 e. The molecule has 0 N–H and O–H groups in total. The minimum Gasteiger partial charge on any atom is -0.454 e. The fourth-order valence-electron chi connectivity index (χ4n) is 2.54. The van der Waals surface area contributed by atoms with Gasteiger partial charge in [0.05, 0.1) is 16.8 Å². The van der Waals surface area contributed by atoms with Crippen molar-refractivity contribution in [2.75, 3.05) is 6.61 Å². The van der Waals surface area contributed by atoms with Gasteiger partial charge in [-0.1, -0.05) is 29.8 Å². The molecule has 2 aromatic carbocycles. The lowest BCUT2D eigenvalue weighted by Gasteiger charge is -2.10. The summed E-state index contributed by atoms with van der Waals surface area (Å²) in [7, 11) is 0. The van der Waals surface area contributed by atoms with Crippen molar-refractivity contribution in [3.8, 4) is 0 Å². The van der Waals surface area contributed by atoms with Crippen LogP contribution in [-0.2, 0) is 10.5 Å². The SMILES string of the molecule is Cc1ccc(C)c(C(=O)COC(=O)c2ccccc2SCc2cscn2)c1. The summed E-state index contributed by atoms with van der Waals surface area (Å²) >= 11 is 3.07. The largest absolute Gasteiger partial charge is 0.454 e. The fraction of sp³-hybridized carbons (Fsp3) is 0.190. The number of rotatable bonds is 7. The summed E-state index contributed by atoms with van der Waals surface area (Å²) in [5.74, 6) is -0.0120. The number of carbonyl (C=O) groups is 2. The van der Waals surface area contributed by atoms with Crippen LogP contribution in [0.2, 0.25) is 0 Å². The van der Waals surface area contributed by atoms with E-state index in [4.69, 9.17) is 4.74 Å². The fourth-order valence-corrected chi connectivity index (χ4v) is 4.15. The van der Waals surface area contributed by atoms with E-state index in [1.54, 1.807) is 29.0 Å². The van der Waals surface area contributed by atoms with Gasteiger partial charge in [0.1, 0.15) is 0 Å². The molecule has 3 rings (SSSR count). The summed E-state index contributed by atoms with van der Waals surface area (Å²) in [5, 5.41) is 1.98. The van der Waals surface area contributed by atoms with Crippen LogP contribution in [0.1, 0.15) is 37.5 Å². The normalized spacial score (nSPS) is 10.6. The summed E-state index contributed by atoms with van der Waals surface area (Å²) < 4.78 is 5.30. The van der Waals surface area contributed by atoms with Gasteiger partial charge >= 0.3 is 5.97 Å². The maximum absolute atomic E-state index is 12.5. The summed E-state index contributed by atoms with van der Waals surface area (Å²) in [6.45, 7) is 3.53. The first kappa shape index (κ1) is 19.3. The number of hydrogen-bond acceptors (Lipinski definition) is 6. The van der Waals surface area contributed by atoms with E-state index in [1.165, 1.54) is 11.8 Å². The van der Waals surface area contributed by atoms with Gasteiger partial charge in [0.25, 0.3) is 0 Å². The molecule has 27 heavy (non-hydrogen) atoms. The predicted octanol–water partition coefficient (Wildman–Crippen LogP) is 5.09. The molecule has 0 saturated carbocycles. The average molecular weight is 398 g/mol. The molecule has 0 bridgehead atoms. The average Bonchev–Trinajstić information content (AvgIpc) is 3.20. The molecule has 1 heterocycles. The zero-order chi connectivity index (χ0) is 19.2. The van der Waals surface area contributed by atoms with Crippen molar-refractivity contribution in [1.82, 2.24) is 4.98 Å². The second-order valence-corrected chi connectivity index (χ2v) is 7.82. The second kappa shape index (κ2) is 8.97. The van der Waals surface area contributed by atoms with E-state index in [2.05, 4.69) is 4.98 Å². The molecule has 0 aliphatic carbocycles. The third-order valence-corrected chi connectivity index (χ3v) is 5.74. The van der Waals surface area contributed by atoms with Crippen molar-refractivity contribution in [2.45, 2.75) is 24.5 Å². The Morgan fingerprint density at radius 1 is 1.11 bits per heavy atom. The molecule has 0 radical (unpaired) electrons. The van der Waals surface area contributed by atoms with Crippen LogP contribution in [0.5, 0.6) is 0 Å². The summed E-state index contributed by atoms with van der Waals surface area (Å²) in [5.41, 5.74) is 5.69. The van der Waals surface area contributed by atoms with Crippen molar-refractivity contribution < 1.29 is 14.3 Å². The first-order valence-electron chi connectivity index (χ1n) is 8.41. The highest BCUT2D eigenvalue weighted by Gasteiger charge is 2.16. The number of aromatic nitrogens is 1. The number of carbonyl (C=O) groups excluding carboxylic acids is 2. The zero-order valence-corrected chi connectivity index (χ0v) is 16.7. The van der Waals surface area contributed by atoms with Crippen molar-refractivity contribution >= 4 is 34.9 Å². The van der Waals surface area contributed by atoms with Gasteiger partial charge in [-0.05, 0) is 37.6 Å². The van der Waals surface area contributed by atoms with Crippen LogP contribution in [0.25, 0.3) is 0 Å². The Balaban J connectivity index is 1.65. The van der Waals surface area contributed by atoms with Crippen LogP contribution in [-0.4, -0.2) is 23.3 Å². The van der Waals surface area contributed by atoms with Crippen molar-refractivity contribution in [1.29, 1.82) is 0 Å². The Morgan fingerprint density at radius 2 is 1.93 bits per heavy atom. The van der Waals surface area contributed by atoms with Crippen molar-refractivity contribution in [3.05, 3.63) is 81.3 Å². The molecule has 0 fully saturated rings. The van der Waals surface area contributed by atoms with Crippen LogP contribution >= 0.6 is 23.1 Å². The topological polar surface area (TPSA) is 56.3 Å². The van der Waals surface area contributed by atoms with Gasteiger partial charge in [0, 0.05) is 21.6 Å². The Kier molecular flexibility index (Phi) is 6.42. The molecule has 3 aromatic rings. The molecule has 0 aliphatic heterocycles. The molecule has 0 amide bonds. The number of thiazole rings is 1. The summed E-state index contributed by atoms with van der Waals surface area (Å²) in [6.07, 6.45) is 0. The highest BCUT2D eigenvalue weighted by atomic mass is 32.2. The first-order chi connectivity index (χ1) is 13.0. The van der Waals surface area contributed by atoms with Crippen molar-refractivity contribution in [2.24, 2.45) is 0 Å². The minimum absolute atomic E-state index is 0.197. The third-order valence-electron chi connectivity index (χ3n) is 3.99. The number of ketones is 1. The predicted molar refractivity (Wildman–Crippen MR) is 109 cm³/mol. The molecular weight excluding hydrogens is 378 g/mol. The monoisotopic (exact) mass is 397 g/mol. The molecule has 6 heteroatoms. The van der Waals surface area contributed by atoms with E-state index >= 15 is 0 Å². The van der Waals surface area contributed by atoms with Gasteiger partial charge < -0.3 is 4.74 Å². The minimum atomic E-state index is -0.491. The maximum Gasteiger partial charge on any atom is 0.339 e. The van der Waals surface area contributed by atoms with E-state index in [0.29, 0.717) is 16.9 Å². The Bertz CT molecular complexity index is 952. The molecule has 1 aromatic heterocycles. The van der Waals surface area contributed by atoms with Gasteiger partial charge in [0.2, 0.25) is 5.78 Å². The molecule has 4 nitrogen and oxygen atoms in total. The number of aryl methyl sites for hydroxylation is 2. The molecule has 0 saturated heterocycles. The van der Waals surface area contributed by atoms with Gasteiger partial charge in [-0.3, -0.25) is 4.79 Å². The third kappa shape index (κ3) is 5.05. The highest BCUT2D eigenvalue weighted by molar-refractivity contribution is 7.98. The van der Waals surface area contributed by atoms with E-state index in [0.717, 1.165) is 21.7 Å². The Hall–Kier alpha value is -2.44. The number of hydrogen-bond donors (Lipinski definition) is 0. The highest BCUT2D eigenvalue weighted by Crippen LogP contribution is 2.27. The van der Waals surface area contributed by atoms with E-state index in [-0.39, 0.29) is 12.4 Å². The van der Waals surface area contributed by atoms with Crippen LogP contribution in [0.15, 0.2) is 58.3 Å². The molecule has 138 valence electrons.